The molecule has 4 aliphatic rings. The lowest BCUT2D eigenvalue weighted by Gasteiger charge is -2.46. The van der Waals surface area contributed by atoms with Crippen molar-refractivity contribution in [3.63, 3.8) is 0 Å². The van der Waals surface area contributed by atoms with Crippen LogP contribution in [0, 0.1) is 29.9 Å². The van der Waals surface area contributed by atoms with Gasteiger partial charge in [0.25, 0.3) is 0 Å². The minimum absolute atomic E-state index is 0.0699. The Balaban J connectivity index is 1.34. The average molecular weight is 641 g/mol. The van der Waals surface area contributed by atoms with Crippen LogP contribution in [0.2, 0.25) is 0 Å². The number of alkyl halides is 1. The first kappa shape index (κ1) is 30.4. The monoisotopic (exact) mass is 640 g/mol. The highest BCUT2D eigenvalue weighted by Gasteiger charge is 2.49. The Morgan fingerprint density at radius 3 is 2.83 bits per heavy atom. The molecule has 1 N–H and O–H groups in total. The minimum Gasteiger partial charge on any atom is -0.461 e. The number of anilines is 1. The van der Waals surface area contributed by atoms with Gasteiger partial charge in [-0.1, -0.05) is 44.0 Å². The van der Waals surface area contributed by atoms with E-state index >= 15 is 4.39 Å². The molecule has 2 aromatic carbocycles. The largest absolute Gasteiger partial charge is 0.461 e. The summed E-state index contributed by atoms with van der Waals surface area (Å²) >= 11 is 0. The fraction of sp³-hybridized carbons (Fsp3) is 0.486. The van der Waals surface area contributed by atoms with Gasteiger partial charge in [-0.25, -0.2) is 18.2 Å². The van der Waals surface area contributed by atoms with E-state index in [9.17, 15) is 8.78 Å². The van der Waals surface area contributed by atoms with Gasteiger partial charge in [0.2, 0.25) is 0 Å². The third-order valence-electron chi connectivity index (χ3n) is 11.1. The second kappa shape index (κ2) is 11.6. The van der Waals surface area contributed by atoms with Crippen molar-refractivity contribution in [3.8, 4) is 29.6 Å². The SMILES string of the molecule is C#Cc1c(F)ccc2cccc(-c3nc4c5c(nc(OC[C@@]67CCCN6C[C@H](F)C7)nc5c3F)N3CCN[C@@H](CC)[C@@H]3[C@@H](C)CC4)c12. The van der Waals surface area contributed by atoms with Crippen molar-refractivity contribution in [3.05, 3.63) is 53.2 Å². The first-order valence-electron chi connectivity index (χ1n) is 16.9. The maximum atomic E-state index is 17.2. The molecule has 2 aromatic heterocycles. The molecule has 47 heavy (non-hydrogen) atoms. The summed E-state index contributed by atoms with van der Waals surface area (Å²) < 4.78 is 53.1. The topological polar surface area (TPSA) is 66.4 Å². The summed E-state index contributed by atoms with van der Waals surface area (Å²) in [5, 5.41) is 5.40. The van der Waals surface area contributed by atoms with Gasteiger partial charge in [0.15, 0.2) is 5.82 Å². The standard InChI is InChI=1S/C37H39F3N6O/c1-4-24-26(39)12-11-22-8-6-9-25(29(22)24)32-31(40)33-30-28(42-32)13-10-21(3)34-27(5-2)41-15-17-46(34)35(30)44-36(43-33)47-20-37-14-7-16-45(37)19-23(38)18-37/h1,6,8-9,11-12,21,23,27,34,41H,5,7,10,13-20H2,2-3H3/t21-,23+,27-,34-,37-/m0/s1. The number of pyridine rings is 1. The summed E-state index contributed by atoms with van der Waals surface area (Å²) in [6.07, 6.45) is 9.50. The summed E-state index contributed by atoms with van der Waals surface area (Å²) in [6, 6.07) is 8.80. The molecule has 6 heterocycles. The number of piperazine rings is 1. The predicted molar refractivity (Wildman–Crippen MR) is 177 cm³/mol. The third-order valence-corrected chi connectivity index (χ3v) is 11.1. The van der Waals surface area contributed by atoms with Crippen LogP contribution in [-0.4, -0.2) is 76.4 Å². The molecule has 4 aliphatic heterocycles. The molecule has 7 nitrogen and oxygen atoms in total. The molecule has 4 aromatic rings. The van der Waals surface area contributed by atoms with Crippen LogP contribution in [-0.2, 0) is 6.42 Å². The number of rotatable bonds is 5. The van der Waals surface area contributed by atoms with Crippen molar-refractivity contribution < 1.29 is 17.9 Å². The maximum Gasteiger partial charge on any atom is 0.319 e. The van der Waals surface area contributed by atoms with Crippen LogP contribution in [0.3, 0.4) is 0 Å². The number of aryl methyl sites for hydroxylation is 1. The van der Waals surface area contributed by atoms with Gasteiger partial charge < -0.3 is 15.0 Å². The molecule has 0 bridgehead atoms. The molecular weight excluding hydrogens is 601 g/mol. The molecule has 0 radical (unpaired) electrons. The van der Waals surface area contributed by atoms with Crippen LogP contribution >= 0.6 is 0 Å². The number of benzene rings is 2. The zero-order valence-corrected chi connectivity index (χ0v) is 26.8. The third kappa shape index (κ3) is 4.84. The Hall–Kier alpha value is -3.94. The van der Waals surface area contributed by atoms with Crippen LogP contribution < -0.4 is 15.0 Å². The van der Waals surface area contributed by atoms with Crippen molar-refractivity contribution in [2.75, 3.05) is 37.7 Å². The Labute approximate surface area is 272 Å². The van der Waals surface area contributed by atoms with Crippen molar-refractivity contribution >= 4 is 27.5 Å². The summed E-state index contributed by atoms with van der Waals surface area (Å²) in [5.74, 6) is 2.21. The highest BCUT2D eigenvalue weighted by molar-refractivity contribution is 6.02. The smallest absolute Gasteiger partial charge is 0.319 e. The molecule has 10 heteroatoms. The lowest BCUT2D eigenvalue weighted by atomic mass is 9.84. The molecule has 8 rings (SSSR count). The van der Waals surface area contributed by atoms with Crippen LogP contribution in [0.4, 0.5) is 19.0 Å². The van der Waals surface area contributed by atoms with E-state index in [0.29, 0.717) is 59.2 Å². The van der Waals surface area contributed by atoms with Gasteiger partial charge in [-0.3, -0.25) is 4.90 Å². The Morgan fingerprint density at radius 1 is 1.13 bits per heavy atom. The molecule has 3 fully saturated rings. The summed E-state index contributed by atoms with van der Waals surface area (Å²) in [5.41, 5.74) is 0.964. The Kier molecular flexibility index (Phi) is 7.53. The van der Waals surface area contributed by atoms with Crippen LogP contribution in [0.1, 0.15) is 57.2 Å². The zero-order valence-electron chi connectivity index (χ0n) is 26.8. The molecular formula is C37H39F3N6O. The van der Waals surface area contributed by atoms with E-state index in [-0.39, 0.29) is 47.4 Å². The maximum absolute atomic E-state index is 17.2. The van der Waals surface area contributed by atoms with Gasteiger partial charge in [-0.15, -0.1) is 6.42 Å². The number of halogens is 3. The minimum atomic E-state index is -0.897. The molecule has 5 atom stereocenters. The fourth-order valence-corrected chi connectivity index (χ4v) is 8.91. The van der Waals surface area contributed by atoms with Crippen LogP contribution in [0.15, 0.2) is 30.3 Å². The highest BCUT2D eigenvalue weighted by atomic mass is 19.1. The van der Waals surface area contributed by atoms with Gasteiger partial charge >= 0.3 is 6.01 Å². The van der Waals surface area contributed by atoms with E-state index in [1.807, 2.05) is 6.07 Å². The normalized spacial score (nSPS) is 27.4. The number of aromatic nitrogens is 3. The lowest BCUT2D eigenvalue weighted by Crippen LogP contribution is -2.61. The molecule has 244 valence electrons. The number of ether oxygens (including phenoxy) is 1. The van der Waals surface area contributed by atoms with Crippen LogP contribution in [0.25, 0.3) is 32.9 Å². The fourth-order valence-electron chi connectivity index (χ4n) is 8.91. The van der Waals surface area contributed by atoms with Crippen molar-refractivity contribution in [2.24, 2.45) is 5.92 Å². The lowest BCUT2D eigenvalue weighted by molar-refractivity contribution is 0.107. The van der Waals surface area contributed by atoms with Gasteiger partial charge in [-0.05, 0) is 56.0 Å². The number of nitrogens with zero attached hydrogens (tertiary/aromatic N) is 5. The Morgan fingerprint density at radius 2 is 2.00 bits per heavy atom. The molecule has 0 unspecified atom stereocenters. The first-order valence-corrected chi connectivity index (χ1v) is 16.9. The molecule has 0 spiro atoms. The average Bonchev–Trinajstić information content (AvgIpc) is 3.61. The number of fused-ring (bicyclic) bond motifs is 4. The van der Waals surface area contributed by atoms with E-state index in [1.165, 1.54) is 6.07 Å². The molecule has 3 saturated heterocycles. The first-order chi connectivity index (χ1) is 22.8. The number of hydrogen-bond acceptors (Lipinski definition) is 7. The second-order valence-electron chi connectivity index (χ2n) is 13.8. The quantitative estimate of drug-likeness (QED) is 0.261. The van der Waals surface area contributed by atoms with Crippen molar-refractivity contribution in [1.29, 1.82) is 0 Å². The van der Waals surface area contributed by atoms with E-state index in [1.54, 1.807) is 18.2 Å². The van der Waals surface area contributed by atoms with E-state index in [0.717, 1.165) is 38.8 Å². The zero-order chi connectivity index (χ0) is 32.4. The number of hydrogen-bond donors (Lipinski definition) is 1. The van der Waals surface area contributed by atoms with E-state index in [4.69, 9.17) is 26.1 Å². The van der Waals surface area contributed by atoms with Gasteiger partial charge in [0.1, 0.15) is 35.6 Å². The second-order valence-corrected chi connectivity index (χ2v) is 13.8. The molecule has 0 amide bonds. The van der Waals surface area contributed by atoms with Crippen molar-refractivity contribution in [2.45, 2.75) is 76.2 Å². The van der Waals surface area contributed by atoms with E-state index in [2.05, 4.69) is 34.9 Å². The summed E-state index contributed by atoms with van der Waals surface area (Å²) in [4.78, 5) is 19.2. The van der Waals surface area contributed by atoms with Gasteiger partial charge in [0, 0.05) is 49.1 Å². The predicted octanol–water partition coefficient (Wildman–Crippen LogP) is 6.20. The Bertz CT molecular complexity index is 1930. The highest BCUT2D eigenvalue weighted by Crippen LogP contribution is 2.43. The summed E-state index contributed by atoms with van der Waals surface area (Å²) in [6.45, 7) is 7.37. The molecule has 0 saturated carbocycles. The van der Waals surface area contributed by atoms with E-state index < -0.39 is 23.3 Å². The van der Waals surface area contributed by atoms with Gasteiger partial charge in [-0.2, -0.15) is 9.97 Å². The van der Waals surface area contributed by atoms with Gasteiger partial charge in [0.05, 0.1) is 22.2 Å². The molecule has 0 aliphatic carbocycles. The van der Waals surface area contributed by atoms with Crippen LogP contribution in [0.5, 0.6) is 6.01 Å². The number of terminal acetylenes is 1. The number of nitrogens with one attached hydrogen (secondary N) is 1. The van der Waals surface area contributed by atoms with Crippen molar-refractivity contribution in [1.82, 2.24) is 25.2 Å². The summed E-state index contributed by atoms with van der Waals surface area (Å²) in [7, 11) is 0.